The number of methoxy groups -OCH3 is 1. The van der Waals surface area contributed by atoms with E-state index in [0.717, 1.165) is 37.9 Å². The van der Waals surface area contributed by atoms with Crippen LogP contribution in [0.3, 0.4) is 0 Å². The number of carboxylic acids is 1. The number of ether oxygens (including phenoxy) is 1. The zero-order chi connectivity index (χ0) is 23.3. The molecule has 5 rings (SSSR count). The van der Waals surface area contributed by atoms with Gasteiger partial charge in [-0.2, -0.15) is 0 Å². The van der Waals surface area contributed by atoms with Gasteiger partial charge in [0, 0.05) is 23.0 Å². The van der Waals surface area contributed by atoms with Gasteiger partial charge in [0.1, 0.15) is 5.70 Å². The molecule has 6 nitrogen and oxygen atoms in total. The van der Waals surface area contributed by atoms with Gasteiger partial charge >= 0.3 is 11.9 Å². The third kappa shape index (κ3) is 3.45. The summed E-state index contributed by atoms with van der Waals surface area (Å²) in [5.74, 6) is -0.981. The molecule has 1 aromatic heterocycles. The summed E-state index contributed by atoms with van der Waals surface area (Å²) in [6.07, 6.45) is 6.70. The van der Waals surface area contributed by atoms with Crippen LogP contribution in [0, 0.1) is 10.8 Å². The molecule has 0 unspecified atom stereocenters. The first-order valence-electron chi connectivity index (χ1n) is 11.6. The highest BCUT2D eigenvalue weighted by Gasteiger charge is 2.51. The standard InChI is InChI=1S/C21H24N2O2.C5H10O2/c1-3-21-10-6-11-22-12-9-15-14-7-4-5-8-16(14)23(18(15)19(21)22)17(13-21)20(24)25-2;1-5(2,3)4(6)7/h4-5,7-8,13,19H,3,6,9-12H2,1-2H3;1-3H3,(H,6,7)/t19-,21+;/m1./s1. The summed E-state index contributed by atoms with van der Waals surface area (Å²) in [7, 11) is 1.49. The monoisotopic (exact) mass is 438 g/mol. The number of hydrogen-bond acceptors (Lipinski definition) is 4. The number of aliphatic carboxylic acids is 1. The lowest BCUT2D eigenvalue weighted by molar-refractivity contribution is -0.145. The average molecular weight is 439 g/mol. The maximum atomic E-state index is 12.7. The van der Waals surface area contributed by atoms with Gasteiger partial charge in [-0.25, -0.2) is 4.79 Å². The third-order valence-electron chi connectivity index (χ3n) is 7.28. The highest BCUT2D eigenvalue weighted by Crippen LogP contribution is 2.57. The number of esters is 1. The minimum atomic E-state index is -0.757. The van der Waals surface area contributed by atoms with Gasteiger partial charge in [-0.1, -0.05) is 25.1 Å². The zero-order valence-electron chi connectivity index (χ0n) is 19.8. The normalized spacial score (nSPS) is 24.2. The molecule has 6 heteroatoms. The Morgan fingerprint density at radius 1 is 1.22 bits per heavy atom. The SMILES string of the molecule is CC(C)(C)C(=O)O.CC[C@@]12C=C(C(=O)OC)n3c4c(c5ccccc53)CCN(CCC1)[C@H]42. The fraction of sp³-hybridized carbons (Fsp3) is 0.538. The summed E-state index contributed by atoms with van der Waals surface area (Å²) >= 11 is 0. The van der Waals surface area contributed by atoms with Crippen LogP contribution < -0.4 is 0 Å². The Labute approximate surface area is 189 Å². The van der Waals surface area contributed by atoms with E-state index in [1.807, 2.05) is 0 Å². The predicted octanol–water partition coefficient (Wildman–Crippen LogP) is 4.88. The van der Waals surface area contributed by atoms with Crippen molar-refractivity contribution in [3.8, 4) is 0 Å². The summed E-state index contributed by atoms with van der Waals surface area (Å²) in [6, 6.07) is 8.89. The molecule has 0 amide bonds. The molecule has 0 radical (unpaired) electrons. The number of rotatable bonds is 2. The first kappa shape index (κ1) is 22.6. The molecule has 0 saturated carbocycles. The predicted molar refractivity (Wildman–Crippen MR) is 125 cm³/mol. The first-order valence-corrected chi connectivity index (χ1v) is 11.6. The minimum Gasteiger partial charge on any atom is -0.481 e. The van der Waals surface area contributed by atoms with E-state index in [4.69, 9.17) is 9.84 Å². The smallest absolute Gasteiger partial charge is 0.354 e. The average Bonchev–Trinajstić information content (AvgIpc) is 3.12. The Balaban J connectivity index is 0.000000307. The summed E-state index contributed by atoms with van der Waals surface area (Å²) < 4.78 is 7.38. The van der Waals surface area contributed by atoms with Crippen molar-refractivity contribution in [3.63, 3.8) is 0 Å². The lowest BCUT2D eigenvalue weighted by Crippen LogP contribution is -2.51. The van der Waals surface area contributed by atoms with Crippen molar-refractivity contribution in [2.45, 2.75) is 59.4 Å². The van der Waals surface area contributed by atoms with Gasteiger partial charge in [-0.05, 0) is 70.7 Å². The lowest BCUT2D eigenvalue weighted by Gasteiger charge is -2.53. The van der Waals surface area contributed by atoms with Crippen molar-refractivity contribution < 1.29 is 19.4 Å². The van der Waals surface area contributed by atoms with Crippen molar-refractivity contribution in [1.82, 2.24) is 9.47 Å². The number of nitrogens with zero attached hydrogens (tertiary/aromatic N) is 2. The molecule has 3 aliphatic rings. The molecular weight excluding hydrogens is 404 g/mol. The van der Waals surface area contributed by atoms with Crippen LogP contribution in [-0.2, 0) is 20.7 Å². The van der Waals surface area contributed by atoms with Crippen molar-refractivity contribution in [2.24, 2.45) is 10.8 Å². The van der Waals surface area contributed by atoms with Crippen LogP contribution in [0.2, 0.25) is 0 Å². The van der Waals surface area contributed by atoms with Gasteiger partial charge in [-0.15, -0.1) is 0 Å². The molecule has 1 N–H and O–H groups in total. The Kier molecular flexibility index (Phi) is 5.70. The topological polar surface area (TPSA) is 71.8 Å². The van der Waals surface area contributed by atoms with Gasteiger partial charge in [0.15, 0.2) is 0 Å². The Morgan fingerprint density at radius 3 is 2.53 bits per heavy atom. The molecule has 2 aromatic rings. The zero-order valence-corrected chi connectivity index (χ0v) is 19.8. The van der Waals surface area contributed by atoms with Gasteiger partial charge in [0.05, 0.1) is 24.1 Å². The van der Waals surface area contributed by atoms with Crippen molar-refractivity contribution in [3.05, 3.63) is 41.6 Å². The number of piperidine rings is 1. The van der Waals surface area contributed by atoms with E-state index in [9.17, 15) is 9.59 Å². The fourth-order valence-electron chi connectivity index (χ4n) is 5.53. The van der Waals surface area contributed by atoms with Gasteiger partial charge in [-0.3, -0.25) is 9.69 Å². The van der Waals surface area contributed by atoms with E-state index < -0.39 is 11.4 Å². The number of carboxylic acid groups (broad SMARTS) is 1. The van der Waals surface area contributed by atoms with Crippen LogP contribution in [-0.4, -0.2) is 46.7 Å². The third-order valence-corrected chi connectivity index (χ3v) is 7.28. The summed E-state index contributed by atoms with van der Waals surface area (Å²) in [6.45, 7) is 9.53. The number of benzene rings is 1. The molecule has 0 aliphatic carbocycles. The highest BCUT2D eigenvalue weighted by atomic mass is 16.5. The van der Waals surface area contributed by atoms with Crippen LogP contribution in [0.5, 0.6) is 0 Å². The van der Waals surface area contributed by atoms with E-state index >= 15 is 0 Å². The Morgan fingerprint density at radius 2 is 1.91 bits per heavy atom. The summed E-state index contributed by atoms with van der Waals surface area (Å²) in [5.41, 5.74) is 4.09. The molecule has 32 heavy (non-hydrogen) atoms. The van der Waals surface area contributed by atoms with Crippen molar-refractivity contribution in [1.29, 1.82) is 0 Å². The second kappa shape index (κ2) is 8.07. The molecule has 0 bridgehead atoms. The van der Waals surface area contributed by atoms with E-state index in [0.29, 0.717) is 11.7 Å². The van der Waals surface area contributed by atoms with E-state index in [-0.39, 0.29) is 11.4 Å². The number of aromatic nitrogens is 1. The number of carbonyl (C=O) groups is 2. The van der Waals surface area contributed by atoms with Crippen molar-refractivity contribution in [2.75, 3.05) is 20.2 Å². The molecular formula is C26H34N2O4. The number of carbonyl (C=O) groups excluding carboxylic acids is 1. The second-order valence-corrected chi connectivity index (χ2v) is 10.2. The van der Waals surface area contributed by atoms with Gasteiger partial charge in [0.2, 0.25) is 0 Å². The molecule has 0 spiro atoms. The van der Waals surface area contributed by atoms with E-state index in [1.54, 1.807) is 20.8 Å². The van der Waals surface area contributed by atoms with Crippen LogP contribution in [0.1, 0.15) is 64.3 Å². The maximum absolute atomic E-state index is 12.7. The van der Waals surface area contributed by atoms with Gasteiger partial charge in [0.25, 0.3) is 0 Å². The number of hydrogen-bond donors (Lipinski definition) is 1. The fourth-order valence-corrected chi connectivity index (χ4v) is 5.53. The minimum absolute atomic E-state index is 0.0430. The lowest BCUT2D eigenvalue weighted by atomic mass is 9.66. The quantitative estimate of drug-likeness (QED) is 0.677. The van der Waals surface area contributed by atoms with Crippen LogP contribution in [0.4, 0.5) is 0 Å². The second-order valence-electron chi connectivity index (χ2n) is 10.2. The summed E-state index contributed by atoms with van der Waals surface area (Å²) in [5, 5.41) is 9.55. The molecule has 3 aliphatic heterocycles. The highest BCUT2D eigenvalue weighted by molar-refractivity contribution is 6.13. The Hall–Kier alpha value is -2.60. The number of fused-ring (bicyclic) bond motifs is 3. The Bertz CT molecular complexity index is 1090. The molecule has 4 heterocycles. The number of para-hydroxylation sites is 1. The molecule has 172 valence electrons. The molecule has 1 fully saturated rings. The van der Waals surface area contributed by atoms with E-state index in [2.05, 4.69) is 46.7 Å². The largest absolute Gasteiger partial charge is 0.481 e. The maximum Gasteiger partial charge on any atom is 0.354 e. The summed E-state index contributed by atoms with van der Waals surface area (Å²) in [4.78, 5) is 25.4. The van der Waals surface area contributed by atoms with Crippen LogP contribution >= 0.6 is 0 Å². The van der Waals surface area contributed by atoms with E-state index in [1.165, 1.54) is 30.2 Å². The molecule has 2 atom stereocenters. The molecule has 1 aromatic carbocycles. The van der Waals surface area contributed by atoms with Gasteiger partial charge < -0.3 is 14.4 Å². The van der Waals surface area contributed by atoms with Crippen LogP contribution in [0.25, 0.3) is 16.6 Å². The molecule has 1 saturated heterocycles. The first-order chi connectivity index (χ1) is 15.1. The van der Waals surface area contributed by atoms with Crippen molar-refractivity contribution >= 4 is 28.5 Å². The van der Waals surface area contributed by atoms with Crippen LogP contribution in [0.15, 0.2) is 30.3 Å².